The monoisotopic (exact) mass is 324 g/mol. The number of benzene rings is 1. The number of rotatable bonds is 4. The van der Waals surface area contributed by atoms with Crippen molar-refractivity contribution < 1.29 is 4.74 Å². The van der Waals surface area contributed by atoms with E-state index in [1.54, 1.807) is 0 Å². The average molecular weight is 325 g/mol. The fraction of sp³-hybridized carbons (Fsp3) is 0.647. The maximum Gasteiger partial charge on any atom is 0.0721 e. The second kappa shape index (κ2) is 6.90. The largest absolute Gasteiger partial charge is 0.373 e. The lowest BCUT2D eigenvalue weighted by Crippen LogP contribution is -2.34. The molecular formula is C17H25BrO. The third kappa shape index (κ3) is 4.32. The highest BCUT2D eigenvalue weighted by atomic mass is 79.9. The minimum absolute atomic E-state index is 0.433. The van der Waals surface area contributed by atoms with Crippen molar-refractivity contribution in [1.82, 2.24) is 0 Å². The van der Waals surface area contributed by atoms with Crippen molar-refractivity contribution in [2.24, 2.45) is 17.8 Å². The highest BCUT2D eigenvalue weighted by Crippen LogP contribution is 2.35. The molecule has 1 aliphatic rings. The first-order chi connectivity index (χ1) is 9.06. The molecule has 1 aliphatic carbocycles. The molecule has 0 aromatic heterocycles. The first-order valence-corrected chi connectivity index (χ1v) is 8.21. The second-order valence-electron chi connectivity index (χ2n) is 6.31. The first-order valence-electron chi connectivity index (χ1n) is 7.42. The topological polar surface area (TPSA) is 9.23 Å². The van der Waals surface area contributed by atoms with Gasteiger partial charge in [-0.3, -0.25) is 0 Å². The number of hydrogen-bond donors (Lipinski definition) is 0. The molecule has 0 heterocycles. The molecule has 0 unspecified atom stereocenters. The molecule has 106 valence electrons. The summed E-state index contributed by atoms with van der Waals surface area (Å²) in [5, 5.41) is 0. The smallest absolute Gasteiger partial charge is 0.0721 e. The molecule has 1 nitrogen and oxygen atoms in total. The predicted octanol–water partition coefficient (Wildman–Crippen LogP) is 5.43. The Kier molecular flexibility index (Phi) is 5.47. The number of ether oxygens (including phenoxy) is 1. The minimum atomic E-state index is 0.433. The zero-order chi connectivity index (χ0) is 13.8. The zero-order valence-electron chi connectivity index (χ0n) is 12.2. The summed E-state index contributed by atoms with van der Waals surface area (Å²) in [7, 11) is 0. The van der Waals surface area contributed by atoms with Gasteiger partial charge in [0.05, 0.1) is 12.7 Å². The second-order valence-corrected chi connectivity index (χ2v) is 7.22. The summed E-state index contributed by atoms with van der Waals surface area (Å²) in [6, 6.07) is 8.42. The van der Waals surface area contributed by atoms with Crippen molar-refractivity contribution in [3.8, 4) is 0 Å². The van der Waals surface area contributed by atoms with E-state index in [-0.39, 0.29) is 0 Å². The van der Waals surface area contributed by atoms with Gasteiger partial charge in [0.25, 0.3) is 0 Å². The molecular weight excluding hydrogens is 300 g/mol. The molecule has 0 saturated heterocycles. The van der Waals surface area contributed by atoms with Gasteiger partial charge in [-0.05, 0) is 48.3 Å². The molecule has 0 amide bonds. The van der Waals surface area contributed by atoms with E-state index in [0.717, 1.165) is 28.8 Å². The van der Waals surface area contributed by atoms with E-state index in [2.05, 4.69) is 61.0 Å². The highest BCUT2D eigenvalue weighted by molar-refractivity contribution is 9.10. The van der Waals surface area contributed by atoms with Crippen LogP contribution in [0.1, 0.15) is 45.6 Å². The van der Waals surface area contributed by atoms with Crippen molar-refractivity contribution in [3.63, 3.8) is 0 Å². The fourth-order valence-electron chi connectivity index (χ4n) is 3.14. The lowest BCUT2D eigenvalue weighted by atomic mass is 9.75. The molecule has 0 spiro atoms. The third-order valence-electron chi connectivity index (χ3n) is 4.31. The molecule has 2 heteroatoms. The Morgan fingerprint density at radius 2 is 2.11 bits per heavy atom. The molecule has 1 aromatic carbocycles. The van der Waals surface area contributed by atoms with Crippen LogP contribution >= 0.6 is 15.9 Å². The van der Waals surface area contributed by atoms with E-state index >= 15 is 0 Å². The Bertz CT molecular complexity index is 402. The Balaban J connectivity index is 1.95. The third-order valence-corrected chi connectivity index (χ3v) is 4.81. The van der Waals surface area contributed by atoms with E-state index in [9.17, 15) is 0 Å². The van der Waals surface area contributed by atoms with Gasteiger partial charge in [-0.25, -0.2) is 0 Å². The normalized spacial score (nSPS) is 27.7. The van der Waals surface area contributed by atoms with Gasteiger partial charge in [-0.1, -0.05) is 55.3 Å². The van der Waals surface area contributed by atoms with Crippen LogP contribution in [0.2, 0.25) is 0 Å². The molecule has 0 aliphatic heterocycles. The summed E-state index contributed by atoms with van der Waals surface area (Å²) in [5.74, 6) is 2.26. The van der Waals surface area contributed by atoms with Gasteiger partial charge in [0, 0.05) is 4.47 Å². The van der Waals surface area contributed by atoms with Crippen molar-refractivity contribution in [3.05, 3.63) is 34.3 Å². The Hall–Kier alpha value is -0.340. The van der Waals surface area contributed by atoms with E-state index in [1.807, 2.05) is 0 Å². The van der Waals surface area contributed by atoms with E-state index in [0.29, 0.717) is 6.10 Å². The first kappa shape index (κ1) is 15.1. The average Bonchev–Trinajstić information content (AvgIpc) is 2.36. The molecule has 0 radical (unpaired) electrons. The van der Waals surface area contributed by atoms with Crippen LogP contribution in [0.25, 0.3) is 0 Å². The summed E-state index contributed by atoms with van der Waals surface area (Å²) in [4.78, 5) is 0. The van der Waals surface area contributed by atoms with Crippen LogP contribution < -0.4 is 0 Å². The lowest BCUT2D eigenvalue weighted by Gasteiger charge is -2.37. The number of halogens is 1. The van der Waals surface area contributed by atoms with Crippen LogP contribution in [0.3, 0.4) is 0 Å². The standard InChI is InChI=1S/C17H25BrO/c1-12(2)16-8-7-13(3)9-17(16)19-11-14-5-4-6-15(18)10-14/h4-6,10,12-13,16-17H,7-9,11H2,1-3H3/t13-,16+,17-/m1/s1. The van der Waals surface area contributed by atoms with Gasteiger partial charge in [-0.2, -0.15) is 0 Å². The summed E-state index contributed by atoms with van der Waals surface area (Å²) in [6.07, 6.45) is 4.33. The molecule has 2 rings (SSSR count). The summed E-state index contributed by atoms with van der Waals surface area (Å²) in [6.45, 7) is 7.75. The SMILES string of the molecule is CC(C)[C@@H]1CC[C@@H](C)C[C@H]1OCc1cccc(Br)c1. The van der Waals surface area contributed by atoms with Crippen LogP contribution in [0.15, 0.2) is 28.7 Å². The van der Waals surface area contributed by atoms with Crippen molar-refractivity contribution in [1.29, 1.82) is 0 Å². The van der Waals surface area contributed by atoms with Crippen LogP contribution in [0.5, 0.6) is 0 Å². The Labute approximate surface area is 125 Å². The van der Waals surface area contributed by atoms with Crippen molar-refractivity contribution in [2.45, 2.75) is 52.7 Å². The fourth-order valence-corrected chi connectivity index (χ4v) is 3.58. The maximum atomic E-state index is 6.25. The summed E-state index contributed by atoms with van der Waals surface area (Å²) < 4.78 is 7.38. The molecule has 3 atom stereocenters. The molecule has 0 N–H and O–H groups in total. The van der Waals surface area contributed by atoms with Gasteiger partial charge >= 0.3 is 0 Å². The quantitative estimate of drug-likeness (QED) is 0.717. The van der Waals surface area contributed by atoms with Crippen LogP contribution in [0.4, 0.5) is 0 Å². The van der Waals surface area contributed by atoms with Crippen molar-refractivity contribution in [2.75, 3.05) is 0 Å². The molecule has 19 heavy (non-hydrogen) atoms. The lowest BCUT2D eigenvalue weighted by molar-refractivity contribution is -0.0472. The van der Waals surface area contributed by atoms with Gasteiger partial charge < -0.3 is 4.74 Å². The predicted molar refractivity (Wildman–Crippen MR) is 84.1 cm³/mol. The summed E-state index contributed by atoms with van der Waals surface area (Å²) >= 11 is 3.52. The Morgan fingerprint density at radius 3 is 2.79 bits per heavy atom. The summed E-state index contributed by atoms with van der Waals surface area (Å²) in [5.41, 5.74) is 1.26. The molecule has 1 fully saturated rings. The van der Waals surface area contributed by atoms with E-state index in [4.69, 9.17) is 4.74 Å². The molecule has 1 aromatic rings. The van der Waals surface area contributed by atoms with Gasteiger partial charge in [0.15, 0.2) is 0 Å². The zero-order valence-corrected chi connectivity index (χ0v) is 13.8. The van der Waals surface area contributed by atoms with E-state index in [1.165, 1.54) is 24.8 Å². The minimum Gasteiger partial charge on any atom is -0.373 e. The van der Waals surface area contributed by atoms with Crippen LogP contribution in [-0.2, 0) is 11.3 Å². The Morgan fingerprint density at radius 1 is 1.32 bits per heavy atom. The molecule has 1 saturated carbocycles. The van der Waals surface area contributed by atoms with Gasteiger partial charge in [0.1, 0.15) is 0 Å². The molecule has 0 bridgehead atoms. The highest BCUT2D eigenvalue weighted by Gasteiger charge is 2.31. The maximum absolute atomic E-state index is 6.25. The van der Waals surface area contributed by atoms with E-state index < -0.39 is 0 Å². The van der Waals surface area contributed by atoms with Gasteiger partial charge in [-0.15, -0.1) is 0 Å². The van der Waals surface area contributed by atoms with Crippen LogP contribution in [-0.4, -0.2) is 6.10 Å². The van der Waals surface area contributed by atoms with Crippen molar-refractivity contribution >= 4 is 15.9 Å². The number of hydrogen-bond acceptors (Lipinski definition) is 1. The van der Waals surface area contributed by atoms with Crippen LogP contribution in [0, 0.1) is 17.8 Å². The van der Waals surface area contributed by atoms with Gasteiger partial charge in [0.2, 0.25) is 0 Å².